The van der Waals surface area contributed by atoms with E-state index in [1.165, 1.54) is 6.42 Å². The van der Waals surface area contributed by atoms with E-state index in [4.69, 9.17) is 10.5 Å². The van der Waals surface area contributed by atoms with Gasteiger partial charge >= 0.3 is 6.03 Å². The maximum atomic E-state index is 10.7. The van der Waals surface area contributed by atoms with Gasteiger partial charge in [-0.1, -0.05) is 0 Å². The van der Waals surface area contributed by atoms with Gasteiger partial charge in [0, 0.05) is 39.3 Å². The number of hydrazine groups is 1. The zero-order chi connectivity index (χ0) is 13.5. The summed E-state index contributed by atoms with van der Waals surface area (Å²) in [5.74, 6) is 0. The fraction of sp³-hybridized carbons (Fsp3) is 0.917. The van der Waals surface area contributed by atoms with Crippen LogP contribution in [0.2, 0.25) is 0 Å². The minimum absolute atomic E-state index is 0.472. The summed E-state index contributed by atoms with van der Waals surface area (Å²) in [4.78, 5) is 15.6. The van der Waals surface area contributed by atoms with Gasteiger partial charge in [0.15, 0.2) is 0 Å². The molecule has 0 radical (unpaired) electrons. The van der Waals surface area contributed by atoms with Gasteiger partial charge in [0.25, 0.3) is 0 Å². The Morgan fingerprint density at radius 1 is 1.00 bits per heavy atom. The summed E-state index contributed by atoms with van der Waals surface area (Å²) in [7, 11) is 0. The molecule has 0 unspecified atom stereocenters. The lowest BCUT2D eigenvalue weighted by Gasteiger charge is -2.34. The van der Waals surface area contributed by atoms with Crippen molar-refractivity contribution in [3.63, 3.8) is 0 Å². The van der Waals surface area contributed by atoms with Crippen molar-refractivity contribution < 1.29 is 9.53 Å². The van der Waals surface area contributed by atoms with Crippen molar-refractivity contribution in [3.8, 4) is 0 Å². The van der Waals surface area contributed by atoms with Gasteiger partial charge in [-0.25, -0.2) is 9.80 Å². The number of piperazine rings is 1. The Labute approximate surface area is 114 Å². The number of ether oxygens (including phenoxy) is 1. The predicted molar refractivity (Wildman–Crippen MR) is 72.6 cm³/mol. The highest BCUT2D eigenvalue weighted by molar-refractivity contribution is 5.70. The highest BCUT2D eigenvalue weighted by Crippen LogP contribution is 2.02. The summed E-state index contributed by atoms with van der Waals surface area (Å²) in [6.45, 7) is 9.83. The summed E-state index contributed by atoms with van der Waals surface area (Å²) in [6.07, 6.45) is 1.20. The van der Waals surface area contributed by atoms with Crippen LogP contribution in [-0.2, 0) is 4.74 Å². The first-order valence-electron chi connectivity index (χ1n) is 7.07. The monoisotopic (exact) mass is 271 g/mol. The van der Waals surface area contributed by atoms with E-state index in [0.29, 0.717) is 0 Å². The van der Waals surface area contributed by atoms with E-state index in [9.17, 15) is 4.79 Å². The number of morpholine rings is 1. The summed E-state index contributed by atoms with van der Waals surface area (Å²) >= 11 is 0. The predicted octanol–water partition coefficient (Wildman–Crippen LogP) is -1.09. The fourth-order valence-corrected chi connectivity index (χ4v) is 2.58. The lowest BCUT2D eigenvalue weighted by atomic mass is 10.3. The van der Waals surface area contributed by atoms with Crippen molar-refractivity contribution in [3.05, 3.63) is 0 Å². The van der Waals surface area contributed by atoms with Crippen LogP contribution in [0.4, 0.5) is 4.79 Å². The highest BCUT2D eigenvalue weighted by Gasteiger charge is 2.17. The Morgan fingerprint density at radius 2 is 1.58 bits per heavy atom. The molecule has 0 spiro atoms. The normalized spacial score (nSPS) is 23.4. The summed E-state index contributed by atoms with van der Waals surface area (Å²) < 4.78 is 5.34. The molecule has 0 aromatic heterocycles. The number of hydrogen-bond donors (Lipinski definition) is 2. The molecule has 0 bridgehead atoms. The zero-order valence-corrected chi connectivity index (χ0v) is 11.5. The molecule has 0 aromatic carbocycles. The minimum atomic E-state index is -0.472. The second-order valence-corrected chi connectivity index (χ2v) is 5.11. The van der Waals surface area contributed by atoms with Crippen LogP contribution >= 0.6 is 0 Å². The molecule has 2 heterocycles. The van der Waals surface area contributed by atoms with Crippen LogP contribution in [0.15, 0.2) is 0 Å². The van der Waals surface area contributed by atoms with Crippen molar-refractivity contribution in [2.75, 3.05) is 65.6 Å². The van der Waals surface area contributed by atoms with Crippen LogP contribution in [0.5, 0.6) is 0 Å². The molecule has 110 valence electrons. The fourth-order valence-electron chi connectivity index (χ4n) is 2.58. The Morgan fingerprint density at radius 3 is 2.16 bits per heavy atom. The molecule has 3 N–H and O–H groups in total. The van der Waals surface area contributed by atoms with Gasteiger partial charge in [0.1, 0.15) is 0 Å². The first-order chi connectivity index (χ1) is 9.24. The van der Waals surface area contributed by atoms with E-state index < -0.39 is 6.03 Å². The molecule has 7 nitrogen and oxygen atoms in total. The second kappa shape index (κ2) is 7.64. The third-order valence-electron chi connectivity index (χ3n) is 3.69. The molecule has 7 heteroatoms. The standard InChI is InChI=1S/C12H25N5O2/c13-12(18)14-17-6-4-15(5-7-17)2-1-3-16-8-10-19-11-9-16/h1-11H2,(H3,13,14,18). The Hall–Kier alpha value is -0.890. The Balaban J connectivity index is 1.54. The number of hydrogen-bond acceptors (Lipinski definition) is 5. The summed E-state index contributed by atoms with van der Waals surface area (Å²) in [5, 5.41) is 1.89. The minimum Gasteiger partial charge on any atom is -0.379 e. The molecule has 19 heavy (non-hydrogen) atoms. The number of nitrogens with two attached hydrogens (primary N) is 1. The van der Waals surface area contributed by atoms with Crippen LogP contribution in [0.1, 0.15) is 6.42 Å². The van der Waals surface area contributed by atoms with E-state index in [0.717, 1.165) is 65.6 Å². The van der Waals surface area contributed by atoms with Crippen LogP contribution < -0.4 is 11.2 Å². The molecule has 0 aliphatic carbocycles. The Kier molecular flexibility index (Phi) is 5.84. The second-order valence-electron chi connectivity index (χ2n) is 5.11. The van der Waals surface area contributed by atoms with Crippen LogP contribution in [-0.4, -0.2) is 86.4 Å². The van der Waals surface area contributed by atoms with Crippen LogP contribution in [0.25, 0.3) is 0 Å². The first kappa shape index (κ1) is 14.5. The molecule has 2 saturated heterocycles. The molecule has 0 saturated carbocycles. The van der Waals surface area contributed by atoms with Crippen molar-refractivity contribution >= 4 is 6.03 Å². The number of carbonyl (C=O) groups excluding carboxylic acids is 1. The van der Waals surface area contributed by atoms with Gasteiger partial charge in [0.2, 0.25) is 0 Å². The zero-order valence-electron chi connectivity index (χ0n) is 11.5. The van der Waals surface area contributed by atoms with Gasteiger partial charge in [-0.15, -0.1) is 0 Å². The number of urea groups is 1. The highest BCUT2D eigenvalue weighted by atomic mass is 16.5. The smallest absolute Gasteiger partial charge is 0.326 e. The molecular formula is C12H25N5O2. The van der Waals surface area contributed by atoms with Crippen molar-refractivity contribution in [1.29, 1.82) is 0 Å². The molecule has 2 amide bonds. The van der Waals surface area contributed by atoms with E-state index in [2.05, 4.69) is 15.2 Å². The van der Waals surface area contributed by atoms with Gasteiger partial charge in [-0.3, -0.25) is 10.3 Å². The topological polar surface area (TPSA) is 74.1 Å². The number of rotatable bonds is 5. The van der Waals surface area contributed by atoms with Gasteiger partial charge < -0.3 is 15.4 Å². The number of nitrogens with one attached hydrogen (secondary N) is 1. The number of nitrogens with zero attached hydrogens (tertiary/aromatic N) is 3. The van der Waals surface area contributed by atoms with Crippen molar-refractivity contribution in [2.24, 2.45) is 5.73 Å². The molecule has 2 aliphatic heterocycles. The van der Waals surface area contributed by atoms with Crippen LogP contribution in [0, 0.1) is 0 Å². The third kappa shape index (κ3) is 5.32. The lowest BCUT2D eigenvalue weighted by Crippen LogP contribution is -2.54. The van der Waals surface area contributed by atoms with Gasteiger partial charge in [0.05, 0.1) is 13.2 Å². The first-order valence-corrected chi connectivity index (χ1v) is 7.07. The molecule has 2 rings (SSSR count). The third-order valence-corrected chi connectivity index (χ3v) is 3.69. The average Bonchev–Trinajstić information content (AvgIpc) is 2.41. The number of carbonyl (C=O) groups is 1. The number of amides is 2. The lowest BCUT2D eigenvalue weighted by molar-refractivity contribution is 0.0345. The summed E-state index contributed by atoms with van der Waals surface area (Å²) in [5.41, 5.74) is 7.73. The molecule has 0 atom stereocenters. The van der Waals surface area contributed by atoms with Crippen molar-refractivity contribution in [2.45, 2.75) is 6.42 Å². The molecule has 2 aliphatic rings. The van der Waals surface area contributed by atoms with Gasteiger partial charge in [-0.2, -0.15) is 0 Å². The van der Waals surface area contributed by atoms with Crippen molar-refractivity contribution in [1.82, 2.24) is 20.2 Å². The quantitative estimate of drug-likeness (QED) is 0.665. The number of primary amides is 1. The largest absolute Gasteiger partial charge is 0.379 e. The maximum absolute atomic E-state index is 10.7. The van der Waals surface area contributed by atoms with Gasteiger partial charge in [-0.05, 0) is 19.5 Å². The Bertz CT molecular complexity index is 275. The average molecular weight is 271 g/mol. The summed E-state index contributed by atoms with van der Waals surface area (Å²) in [6, 6.07) is -0.472. The molecule has 2 fully saturated rings. The van der Waals surface area contributed by atoms with E-state index >= 15 is 0 Å². The SMILES string of the molecule is NC(=O)NN1CCN(CCCN2CCOCC2)CC1. The maximum Gasteiger partial charge on any atom is 0.326 e. The molecule has 0 aromatic rings. The molecular weight excluding hydrogens is 246 g/mol. The van der Waals surface area contributed by atoms with E-state index in [1.807, 2.05) is 5.01 Å². The van der Waals surface area contributed by atoms with E-state index in [1.54, 1.807) is 0 Å². The van der Waals surface area contributed by atoms with Crippen LogP contribution in [0.3, 0.4) is 0 Å². The van der Waals surface area contributed by atoms with E-state index in [-0.39, 0.29) is 0 Å².